The smallest absolute Gasteiger partial charge is 0.134 e. The number of benzene rings is 1. The van der Waals surface area contributed by atoms with Crippen molar-refractivity contribution in [2.45, 2.75) is 24.9 Å². The van der Waals surface area contributed by atoms with Crippen molar-refractivity contribution in [1.29, 1.82) is 0 Å². The summed E-state index contributed by atoms with van der Waals surface area (Å²) >= 11 is 0. The number of aromatic nitrogens is 1. The van der Waals surface area contributed by atoms with Gasteiger partial charge in [-0.3, -0.25) is 4.98 Å². The van der Waals surface area contributed by atoms with Crippen LogP contribution in [0.25, 0.3) is 10.9 Å². The predicted molar refractivity (Wildman–Crippen MR) is 66.5 cm³/mol. The quantitative estimate of drug-likeness (QED) is 0.748. The van der Waals surface area contributed by atoms with Crippen molar-refractivity contribution >= 4 is 16.6 Å². The number of nitrogens with two attached hydrogens (primary N) is 1. The van der Waals surface area contributed by atoms with E-state index >= 15 is 0 Å². The zero-order chi connectivity index (χ0) is 12.4. The van der Waals surface area contributed by atoms with Gasteiger partial charge in [-0.25, -0.2) is 4.39 Å². The van der Waals surface area contributed by atoms with Gasteiger partial charge in [0.05, 0.1) is 28.4 Å². The molecule has 1 fully saturated rings. The van der Waals surface area contributed by atoms with Crippen molar-refractivity contribution in [2.24, 2.45) is 5.92 Å². The SMILES string of the molecule is Nc1c2c(nc3cccc(F)c13)C1CC(C1)C2O. The van der Waals surface area contributed by atoms with Gasteiger partial charge in [0.1, 0.15) is 5.82 Å². The number of nitrogen functional groups attached to an aromatic ring is 1. The fraction of sp³-hybridized carbons (Fsp3) is 0.357. The van der Waals surface area contributed by atoms with Crippen LogP contribution in [0.5, 0.6) is 0 Å². The predicted octanol–water partition coefficient (Wildman–Crippen LogP) is 2.50. The number of pyridine rings is 1. The lowest BCUT2D eigenvalue weighted by atomic mass is 9.62. The lowest BCUT2D eigenvalue weighted by molar-refractivity contribution is 0.0284. The Hall–Kier alpha value is -1.68. The molecule has 1 atom stereocenters. The summed E-state index contributed by atoms with van der Waals surface area (Å²) in [5, 5.41) is 10.6. The molecule has 3 nitrogen and oxygen atoms in total. The van der Waals surface area contributed by atoms with Crippen LogP contribution in [0.1, 0.15) is 36.1 Å². The summed E-state index contributed by atoms with van der Waals surface area (Å²) in [6.07, 6.45) is 1.37. The van der Waals surface area contributed by atoms with Crippen LogP contribution < -0.4 is 5.73 Å². The Labute approximate surface area is 103 Å². The average Bonchev–Trinajstić information content (AvgIpc) is 2.26. The highest BCUT2D eigenvalue weighted by molar-refractivity contribution is 5.93. The van der Waals surface area contributed by atoms with E-state index in [0.29, 0.717) is 28.1 Å². The summed E-state index contributed by atoms with van der Waals surface area (Å²) in [7, 11) is 0. The van der Waals surface area contributed by atoms with Gasteiger partial charge in [0, 0.05) is 11.5 Å². The fourth-order valence-electron chi connectivity index (χ4n) is 3.34. The van der Waals surface area contributed by atoms with Crippen molar-refractivity contribution in [3.63, 3.8) is 0 Å². The number of nitrogens with zero attached hydrogens (tertiary/aromatic N) is 1. The first-order valence-corrected chi connectivity index (χ1v) is 6.22. The molecule has 3 aliphatic rings. The first kappa shape index (κ1) is 10.3. The van der Waals surface area contributed by atoms with E-state index in [1.807, 2.05) is 0 Å². The number of anilines is 1. The van der Waals surface area contributed by atoms with Gasteiger partial charge in [-0.2, -0.15) is 0 Å². The summed E-state index contributed by atoms with van der Waals surface area (Å²) in [4.78, 5) is 4.53. The molecule has 5 rings (SSSR count). The van der Waals surface area contributed by atoms with Crippen LogP contribution in [0.4, 0.5) is 10.1 Å². The third kappa shape index (κ3) is 1.09. The van der Waals surface area contributed by atoms with Crippen LogP contribution in [-0.2, 0) is 0 Å². The van der Waals surface area contributed by atoms with E-state index in [0.717, 1.165) is 18.5 Å². The molecule has 3 N–H and O–H groups in total. The summed E-state index contributed by atoms with van der Waals surface area (Å²) < 4.78 is 13.9. The van der Waals surface area contributed by atoms with Crippen molar-refractivity contribution in [3.8, 4) is 0 Å². The van der Waals surface area contributed by atoms with Gasteiger partial charge in [0.2, 0.25) is 0 Å². The minimum atomic E-state index is -0.582. The molecule has 0 spiro atoms. The van der Waals surface area contributed by atoms with E-state index in [2.05, 4.69) is 4.98 Å². The molecule has 1 saturated carbocycles. The molecule has 1 unspecified atom stereocenters. The Balaban J connectivity index is 2.12. The highest BCUT2D eigenvalue weighted by atomic mass is 19.1. The summed E-state index contributed by atoms with van der Waals surface area (Å²) in [5.74, 6) is 0.297. The Bertz CT molecular complexity index is 664. The van der Waals surface area contributed by atoms with Crippen LogP contribution in [0, 0.1) is 11.7 Å². The standard InChI is InChI=1S/C14H13FN2O/c15-8-2-1-3-9-10(8)12(16)11-13(17-9)6-4-7(5-6)14(11)18/h1-3,6-7,14,18H,4-5H2,(H2,16,17). The fourth-order valence-corrected chi connectivity index (χ4v) is 3.34. The molecule has 2 aromatic rings. The van der Waals surface area contributed by atoms with Crippen LogP contribution in [-0.4, -0.2) is 10.1 Å². The Kier molecular flexibility index (Phi) is 1.83. The average molecular weight is 244 g/mol. The maximum Gasteiger partial charge on any atom is 0.134 e. The van der Waals surface area contributed by atoms with E-state index in [1.54, 1.807) is 12.1 Å². The summed E-state index contributed by atoms with van der Waals surface area (Å²) in [6, 6.07) is 4.79. The molecule has 0 saturated heterocycles. The monoisotopic (exact) mass is 244 g/mol. The molecule has 92 valence electrons. The van der Waals surface area contributed by atoms with E-state index in [9.17, 15) is 9.50 Å². The topological polar surface area (TPSA) is 59.1 Å². The molecule has 1 heterocycles. The van der Waals surface area contributed by atoms with Crippen molar-refractivity contribution in [2.75, 3.05) is 5.73 Å². The molecule has 0 amide bonds. The van der Waals surface area contributed by atoms with Crippen molar-refractivity contribution in [3.05, 3.63) is 35.3 Å². The van der Waals surface area contributed by atoms with Gasteiger partial charge in [-0.05, 0) is 30.9 Å². The van der Waals surface area contributed by atoms with Gasteiger partial charge in [-0.1, -0.05) is 6.07 Å². The lowest BCUT2D eigenvalue weighted by Gasteiger charge is -2.45. The van der Waals surface area contributed by atoms with E-state index in [4.69, 9.17) is 5.73 Å². The van der Waals surface area contributed by atoms with E-state index in [-0.39, 0.29) is 11.7 Å². The minimum Gasteiger partial charge on any atom is -0.398 e. The Morgan fingerprint density at radius 3 is 2.89 bits per heavy atom. The molecule has 2 bridgehead atoms. The Morgan fingerprint density at radius 2 is 2.11 bits per heavy atom. The maximum atomic E-state index is 13.9. The molecular formula is C14H13FN2O. The van der Waals surface area contributed by atoms with Gasteiger partial charge in [-0.15, -0.1) is 0 Å². The first-order chi connectivity index (χ1) is 8.66. The molecule has 3 aliphatic carbocycles. The van der Waals surface area contributed by atoms with Gasteiger partial charge < -0.3 is 10.8 Å². The number of hydrogen-bond donors (Lipinski definition) is 2. The maximum absolute atomic E-state index is 13.9. The molecule has 0 aliphatic heterocycles. The molecule has 18 heavy (non-hydrogen) atoms. The van der Waals surface area contributed by atoms with Crippen molar-refractivity contribution in [1.82, 2.24) is 4.98 Å². The molecule has 0 radical (unpaired) electrons. The zero-order valence-corrected chi connectivity index (χ0v) is 9.73. The summed E-state index contributed by atoms with van der Waals surface area (Å²) in [6.45, 7) is 0. The zero-order valence-electron chi connectivity index (χ0n) is 9.73. The summed E-state index contributed by atoms with van der Waals surface area (Å²) in [5.41, 5.74) is 8.57. The van der Waals surface area contributed by atoms with Crippen LogP contribution >= 0.6 is 0 Å². The number of rotatable bonds is 0. The molecule has 4 heteroatoms. The second-order valence-electron chi connectivity index (χ2n) is 5.33. The lowest BCUT2D eigenvalue weighted by Crippen LogP contribution is -2.36. The Morgan fingerprint density at radius 1 is 1.33 bits per heavy atom. The second kappa shape index (κ2) is 3.20. The van der Waals surface area contributed by atoms with Gasteiger partial charge >= 0.3 is 0 Å². The van der Waals surface area contributed by atoms with Crippen molar-refractivity contribution < 1.29 is 9.50 Å². The van der Waals surface area contributed by atoms with E-state index < -0.39 is 6.10 Å². The number of aliphatic hydroxyl groups is 1. The number of hydrogen-bond acceptors (Lipinski definition) is 3. The van der Waals surface area contributed by atoms with Crippen LogP contribution in [0.2, 0.25) is 0 Å². The number of halogens is 1. The van der Waals surface area contributed by atoms with Crippen LogP contribution in [0.3, 0.4) is 0 Å². The minimum absolute atomic E-state index is 0.274. The highest BCUT2D eigenvalue weighted by Crippen LogP contribution is 2.56. The first-order valence-electron chi connectivity index (χ1n) is 6.22. The normalized spacial score (nSPS) is 28.9. The van der Waals surface area contributed by atoms with Gasteiger partial charge in [0.25, 0.3) is 0 Å². The number of fused-ring (bicyclic) bond motifs is 1. The number of aliphatic hydroxyl groups excluding tert-OH is 1. The van der Waals surface area contributed by atoms with Gasteiger partial charge in [0.15, 0.2) is 0 Å². The van der Waals surface area contributed by atoms with Crippen LogP contribution in [0.15, 0.2) is 18.2 Å². The molecule has 1 aromatic heterocycles. The third-order valence-corrected chi connectivity index (χ3v) is 4.37. The largest absolute Gasteiger partial charge is 0.398 e. The third-order valence-electron chi connectivity index (χ3n) is 4.37. The second-order valence-corrected chi connectivity index (χ2v) is 5.33. The van der Waals surface area contributed by atoms with E-state index in [1.165, 1.54) is 6.07 Å². The highest BCUT2D eigenvalue weighted by Gasteiger charge is 2.45. The molecule has 1 aromatic carbocycles. The molecular weight excluding hydrogens is 231 g/mol.